The number of amidine groups is 1. The molecule has 1 aromatic rings. The van der Waals surface area contributed by atoms with Crippen molar-refractivity contribution in [2.24, 2.45) is 28.2 Å². The van der Waals surface area contributed by atoms with Gasteiger partial charge in [0.15, 0.2) is 6.19 Å². The lowest BCUT2D eigenvalue weighted by molar-refractivity contribution is -0.166. The highest BCUT2D eigenvalue weighted by atomic mass is 16.5. The Kier molecular flexibility index (Phi) is 5.31. The molecule has 1 heterocycles. The van der Waals surface area contributed by atoms with Crippen LogP contribution in [0.5, 0.6) is 0 Å². The van der Waals surface area contributed by atoms with Crippen LogP contribution >= 0.6 is 0 Å². The summed E-state index contributed by atoms with van der Waals surface area (Å²) in [4.78, 5) is 21.4. The van der Waals surface area contributed by atoms with Gasteiger partial charge in [-0.05, 0) is 82.8 Å². The highest BCUT2D eigenvalue weighted by Gasteiger charge is 2.59. The van der Waals surface area contributed by atoms with Crippen molar-refractivity contribution in [3.05, 3.63) is 29.6 Å². The first-order chi connectivity index (χ1) is 14.2. The average Bonchev–Trinajstić information content (AvgIpc) is 2.68. The summed E-state index contributed by atoms with van der Waals surface area (Å²) in [5.41, 5.74) is 0.408. The van der Waals surface area contributed by atoms with Crippen molar-refractivity contribution in [1.29, 1.82) is 5.26 Å². The average molecular weight is 411 g/mol. The number of aliphatic carboxylic acids is 1. The fraction of sp³-hybridized carbons (Fsp3) is 0.652. The molecule has 1 aromatic heterocycles. The zero-order chi connectivity index (χ0) is 21.5. The Morgan fingerprint density at radius 1 is 1.37 bits per heavy atom. The number of hydrogen-bond donors (Lipinski definition) is 2. The van der Waals surface area contributed by atoms with Crippen molar-refractivity contribution in [2.75, 3.05) is 0 Å². The van der Waals surface area contributed by atoms with E-state index in [1.165, 1.54) is 0 Å². The molecule has 4 aliphatic rings. The fourth-order valence-corrected chi connectivity index (χ4v) is 6.01. The predicted molar refractivity (Wildman–Crippen MR) is 111 cm³/mol. The molecule has 5 rings (SSSR count). The molecular weight excluding hydrogens is 380 g/mol. The van der Waals surface area contributed by atoms with Crippen LogP contribution in [0.4, 0.5) is 0 Å². The van der Waals surface area contributed by atoms with Gasteiger partial charge >= 0.3 is 5.97 Å². The number of aryl methyl sites for hydroxylation is 1. The zero-order valence-corrected chi connectivity index (χ0v) is 17.9. The molecular formula is C23H30N4O3. The Morgan fingerprint density at radius 3 is 2.67 bits per heavy atom. The Hall–Kier alpha value is -2.46. The van der Waals surface area contributed by atoms with Crippen LogP contribution in [0, 0.1) is 41.5 Å². The number of pyridine rings is 1. The van der Waals surface area contributed by atoms with E-state index in [4.69, 9.17) is 9.73 Å². The number of carboxylic acid groups (broad SMARTS) is 1. The van der Waals surface area contributed by atoms with Gasteiger partial charge in [0.05, 0.1) is 23.8 Å². The lowest BCUT2D eigenvalue weighted by atomic mass is 9.48. The van der Waals surface area contributed by atoms with Crippen molar-refractivity contribution in [3.8, 4) is 6.19 Å². The topological polar surface area (TPSA) is 108 Å². The van der Waals surface area contributed by atoms with E-state index in [0.29, 0.717) is 31.2 Å². The maximum absolute atomic E-state index is 12.0. The summed E-state index contributed by atoms with van der Waals surface area (Å²) in [7, 11) is 0. The quantitative estimate of drug-likeness (QED) is 0.322. The number of rotatable bonds is 6. The molecule has 7 nitrogen and oxygen atoms in total. The van der Waals surface area contributed by atoms with E-state index in [0.717, 1.165) is 30.7 Å². The Balaban J connectivity index is 1.54. The molecule has 7 heteroatoms. The van der Waals surface area contributed by atoms with Crippen LogP contribution in [0.2, 0.25) is 0 Å². The second-order valence-corrected chi connectivity index (χ2v) is 9.83. The third-order valence-corrected chi connectivity index (χ3v) is 7.23. The van der Waals surface area contributed by atoms with Gasteiger partial charge in [-0.1, -0.05) is 6.07 Å². The third kappa shape index (κ3) is 3.81. The molecule has 0 radical (unpaired) electrons. The first-order valence-electron chi connectivity index (χ1n) is 10.8. The molecule has 0 aliphatic heterocycles. The molecule has 4 aliphatic carbocycles. The highest BCUT2D eigenvalue weighted by molar-refractivity contribution is 5.91. The van der Waals surface area contributed by atoms with Gasteiger partial charge in [0, 0.05) is 5.69 Å². The number of nitrogens with one attached hydrogen (secondary N) is 1. The summed E-state index contributed by atoms with van der Waals surface area (Å²) in [6.45, 7) is 6.07. The van der Waals surface area contributed by atoms with E-state index in [9.17, 15) is 15.2 Å². The van der Waals surface area contributed by atoms with Gasteiger partial charge in [-0.15, -0.1) is 0 Å². The number of carbonyl (C=O) groups is 1. The fourth-order valence-electron chi connectivity index (χ4n) is 6.01. The first-order valence-corrected chi connectivity index (χ1v) is 10.8. The largest absolute Gasteiger partial charge is 0.481 e. The Bertz CT molecular complexity index is 888. The number of nitrogens with zero attached hydrogens (tertiary/aromatic N) is 3. The molecule has 0 aromatic carbocycles. The Labute approximate surface area is 177 Å². The second-order valence-electron chi connectivity index (χ2n) is 9.83. The maximum atomic E-state index is 12.0. The molecule has 2 N–H and O–H groups in total. The van der Waals surface area contributed by atoms with Gasteiger partial charge in [0.1, 0.15) is 11.4 Å². The molecule has 4 bridgehead atoms. The smallest absolute Gasteiger partial charge is 0.309 e. The van der Waals surface area contributed by atoms with E-state index < -0.39 is 17.0 Å². The van der Waals surface area contributed by atoms with E-state index in [-0.39, 0.29) is 17.9 Å². The van der Waals surface area contributed by atoms with E-state index >= 15 is 0 Å². The van der Waals surface area contributed by atoms with E-state index in [1.54, 1.807) is 0 Å². The van der Waals surface area contributed by atoms with E-state index in [2.05, 4.69) is 10.3 Å². The van der Waals surface area contributed by atoms with Gasteiger partial charge in [-0.2, -0.15) is 5.26 Å². The van der Waals surface area contributed by atoms with Crippen LogP contribution in [0.25, 0.3) is 0 Å². The standard InChI is InChI=1S/C23H30N4O3/c1-14-5-4-6-18(26-14)12-30-22(2,3)20(25-13-24)27-19-16-7-15-8-17(19)11-23(9-15,10-16)21(28)29/h4-6,15-17,19H,7-12H2,1-3H3,(H,25,27)(H,28,29). The lowest BCUT2D eigenvalue weighted by Gasteiger charge is -2.57. The van der Waals surface area contributed by atoms with Crippen LogP contribution in [-0.2, 0) is 16.1 Å². The van der Waals surface area contributed by atoms with Crippen LogP contribution in [0.15, 0.2) is 23.2 Å². The number of aliphatic imine (C=N–C) groups is 1. The van der Waals surface area contributed by atoms with Crippen LogP contribution < -0.4 is 5.32 Å². The molecule has 4 saturated carbocycles. The van der Waals surface area contributed by atoms with Gasteiger partial charge in [0.25, 0.3) is 0 Å². The molecule has 30 heavy (non-hydrogen) atoms. The monoisotopic (exact) mass is 410 g/mol. The predicted octanol–water partition coefficient (Wildman–Crippen LogP) is 3.43. The molecule has 160 valence electrons. The summed E-state index contributed by atoms with van der Waals surface area (Å²) in [6.07, 6.45) is 6.28. The molecule has 0 saturated heterocycles. The maximum Gasteiger partial charge on any atom is 0.309 e. The Morgan fingerprint density at radius 2 is 2.07 bits per heavy atom. The van der Waals surface area contributed by atoms with Crippen LogP contribution in [0.1, 0.15) is 57.3 Å². The third-order valence-electron chi connectivity index (χ3n) is 7.23. The van der Waals surface area contributed by atoms with Gasteiger partial charge in [-0.25, -0.2) is 0 Å². The molecule has 2 unspecified atom stereocenters. The van der Waals surface area contributed by atoms with Crippen molar-refractivity contribution in [2.45, 2.75) is 71.1 Å². The van der Waals surface area contributed by atoms with Gasteiger partial charge in [0.2, 0.25) is 0 Å². The summed E-state index contributed by atoms with van der Waals surface area (Å²) in [5.74, 6) is 0.886. The number of ether oxygens (including phenoxy) is 1. The summed E-state index contributed by atoms with van der Waals surface area (Å²) in [5, 5.41) is 21.9. The number of aromatic nitrogens is 1. The molecule has 0 amide bonds. The molecule has 2 atom stereocenters. The minimum Gasteiger partial charge on any atom is -0.481 e. The molecule has 0 spiro atoms. The summed E-state index contributed by atoms with van der Waals surface area (Å²) >= 11 is 0. The normalized spacial score (nSPS) is 32.7. The second kappa shape index (κ2) is 7.66. The minimum absolute atomic E-state index is 0.0462. The van der Waals surface area contributed by atoms with Crippen LogP contribution in [0.3, 0.4) is 0 Å². The number of carboxylic acids is 1. The number of hydrogen-bond acceptors (Lipinski definition) is 5. The zero-order valence-electron chi connectivity index (χ0n) is 17.9. The van der Waals surface area contributed by atoms with Crippen molar-refractivity contribution in [1.82, 2.24) is 10.3 Å². The highest BCUT2D eigenvalue weighted by Crippen LogP contribution is 2.61. The van der Waals surface area contributed by atoms with Gasteiger partial charge < -0.3 is 9.84 Å². The molecule has 4 fully saturated rings. The number of nitriles is 1. The first kappa shape index (κ1) is 20.8. The van der Waals surface area contributed by atoms with Gasteiger partial charge in [-0.3, -0.25) is 20.1 Å². The lowest BCUT2D eigenvalue weighted by Crippen LogP contribution is -2.56. The SMILES string of the molecule is Cc1cccc(COC(C)(C)C(=NC2C3CC4CC2CC(C(=O)O)(C4)C3)NC#N)n1. The minimum atomic E-state index is -0.791. The van der Waals surface area contributed by atoms with Crippen LogP contribution in [-0.4, -0.2) is 33.5 Å². The summed E-state index contributed by atoms with van der Waals surface area (Å²) in [6, 6.07) is 5.85. The van der Waals surface area contributed by atoms with E-state index in [1.807, 2.05) is 45.2 Å². The van der Waals surface area contributed by atoms with Crippen molar-refractivity contribution < 1.29 is 14.6 Å². The summed E-state index contributed by atoms with van der Waals surface area (Å²) < 4.78 is 6.14. The van der Waals surface area contributed by atoms with Crippen molar-refractivity contribution in [3.63, 3.8) is 0 Å². The van der Waals surface area contributed by atoms with Crippen molar-refractivity contribution >= 4 is 11.8 Å².